The fourth-order valence-corrected chi connectivity index (χ4v) is 1.84. The smallest absolute Gasteiger partial charge is 0.115 e. The molecule has 0 aliphatic carbocycles. The summed E-state index contributed by atoms with van der Waals surface area (Å²) in [6.07, 6.45) is -4.82. The Morgan fingerprint density at radius 2 is 1.73 bits per heavy atom. The molecule has 4 N–H and O–H groups in total. The van der Waals surface area contributed by atoms with Crippen LogP contribution in [0.5, 0.6) is 0 Å². The van der Waals surface area contributed by atoms with Gasteiger partial charge in [-0.15, -0.1) is 0 Å². The lowest BCUT2D eigenvalue weighted by Crippen LogP contribution is -2.41. The van der Waals surface area contributed by atoms with Gasteiger partial charge in [0.2, 0.25) is 0 Å². The Bertz CT molecular complexity index is 212. The van der Waals surface area contributed by atoms with Crippen molar-refractivity contribution in [2.75, 3.05) is 6.61 Å². The summed E-state index contributed by atoms with van der Waals surface area (Å²) in [6.45, 7) is 5.13. The zero-order chi connectivity index (χ0) is 11.8. The van der Waals surface area contributed by atoms with Crippen molar-refractivity contribution < 1.29 is 25.2 Å². The molecule has 15 heavy (non-hydrogen) atoms. The van der Waals surface area contributed by atoms with Crippen molar-refractivity contribution in [1.29, 1.82) is 0 Å². The van der Waals surface area contributed by atoms with Crippen LogP contribution in [0, 0.1) is 5.41 Å². The number of aliphatic hydroxyl groups is 4. The lowest BCUT2D eigenvalue weighted by molar-refractivity contribution is -0.101. The molecule has 0 saturated carbocycles. The Morgan fingerprint density at radius 3 is 2.07 bits per heavy atom. The van der Waals surface area contributed by atoms with Crippen LogP contribution in [-0.4, -0.2) is 57.6 Å². The van der Waals surface area contributed by atoms with Crippen LogP contribution < -0.4 is 0 Å². The summed E-state index contributed by atoms with van der Waals surface area (Å²) in [5.41, 5.74) is -0.329. The van der Waals surface area contributed by atoms with Crippen molar-refractivity contribution in [3.63, 3.8) is 0 Å². The van der Waals surface area contributed by atoms with Crippen molar-refractivity contribution in [2.24, 2.45) is 5.41 Å². The second-order valence-corrected chi connectivity index (χ2v) is 5.12. The zero-order valence-corrected chi connectivity index (χ0v) is 9.29. The first-order valence-corrected chi connectivity index (χ1v) is 5.09. The maximum Gasteiger partial charge on any atom is 0.115 e. The standard InChI is InChI=1S/C10H20O5/c1-10(2,3)9-7(14)6(13)8(15-9)5(12)4-11/h5-9,11-14H,4H2,1-3H3/t5-,6+,7?,8-,9+/m0/s1. The van der Waals surface area contributed by atoms with E-state index in [0.717, 1.165) is 0 Å². The molecule has 5 heteroatoms. The Labute approximate surface area is 89.3 Å². The first kappa shape index (κ1) is 12.9. The van der Waals surface area contributed by atoms with Gasteiger partial charge in [0.15, 0.2) is 0 Å². The van der Waals surface area contributed by atoms with Crippen LogP contribution in [0.25, 0.3) is 0 Å². The van der Waals surface area contributed by atoms with Gasteiger partial charge in [0.25, 0.3) is 0 Å². The normalized spacial score (nSPS) is 39.4. The quantitative estimate of drug-likeness (QED) is 0.473. The van der Waals surface area contributed by atoms with Crippen molar-refractivity contribution in [3.8, 4) is 0 Å². The molecule has 1 rings (SSSR count). The first-order valence-electron chi connectivity index (χ1n) is 5.09. The first-order chi connectivity index (χ1) is 6.79. The van der Waals surface area contributed by atoms with Gasteiger partial charge in [0.1, 0.15) is 24.4 Å². The number of ether oxygens (including phenoxy) is 1. The molecule has 5 atom stereocenters. The maximum atomic E-state index is 9.74. The molecule has 0 aromatic rings. The van der Waals surface area contributed by atoms with E-state index in [4.69, 9.17) is 9.84 Å². The lowest BCUT2D eigenvalue weighted by atomic mass is 9.85. The predicted molar refractivity (Wildman–Crippen MR) is 53.2 cm³/mol. The zero-order valence-electron chi connectivity index (χ0n) is 9.29. The molecule has 0 aromatic carbocycles. The van der Waals surface area contributed by atoms with Gasteiger partial charge in [-0.05, 0) is 5.41 Å². The van der Waals surface area contributed by atoms with Crippen LogP contribution in [0.2, 0.25) is 0 Å². The van der Waals surface area contributed by atoms with E-state index in [1.165, 1.54) is 0 Å². The van der Waals surface area contributed by atoms with Crippen molar-refractivity contribution in [2.45, 2.75) is 51.3 Å². The average Bonchev–Trinajstić information content (AvgIpc) is 2.42. The highest BCUT2D eigenvalue weighted by Crippen LogP contribution is 2.34. The average molecular weight is 220 g/mol. The van der Waals surface area contributed by atoms with E-state index >= 15 is 0 Å². The fourth-order valence-electron chi connectivity index (χ4n) is 1.84. The maximum absolute atomic E-state index is 9.74. The largest absolute Gasteiger partial charge is 0.394 e. The van der Waals surface area contributed by atoms with Crippen LogP contribution in [0.4, 0.5) is 0 Å². The van der Waals surface area contributed by atoms with Gasteiger partial charge in [0, 0.05) is 0 Å². The lowest BCUT2D eigenvalue weighted by Gasteiger charge is -2.29. The van der Waals surface area contributed by atoms with E-state index < -0.39 is 37.1 Å². The Hall–Kier alpha value is -0.200. The van der Waals surface area contributed by atoms with Gasteiger partial charge in [-0.3, -0.25) is 0 Å². The van der Waals surface area contributed by atoms with Gasteiger partial charge in [-0.25, -0.2) is 0 Å². The molecule has 1 heterocycles. The van der Waals surface area contributed by atoms with Gasteiger partial charge in [-0.1, -0.05) is 20.8 Å². The number of hydrogen-bond acceptors (Lipinski definition) is 5. The van der Waals surface area contributed by atoms with Crippen molar-refractivity contribution in [3.05, 3.63) is 0 Å². The summed E-state index contributed by atoms with van der Waals surface area (Å²) >= 11 is 0. The molecule has 1 aliphatic heterocycles. The number of rotatable bonds is 2. The highest BCUT2D eigenvalue weighted by Gasteiger charge is 2.49. The van der Waals surface area contributed by atoms with Crippen molar-refractivity contribution >= 4 is 0 Å². The summed E-state index contributed by atoms with van der Waals surface area (Å²) in [6, 6.07) is 0. The third-order valence-electron chi connectivity index (χ3n) is 2.72. The molecule has 0 bridgehead atoms. The highest BCUT2D eigenvalue weighted by atomic mass is 16.6. The summed E-state index contributed by atoms with van der Waals surface area (Å²) in [5.74, 6) is 0. The second-order valence-electron chi connectivity index (χ2n) is 5.12. The van der Waals surface area contributed by atoms with Gasteiger partial charge >= 0.3 is 0 Å². The van der Waals surface area contributed by atoms with E-state index in [-0.39, 0.29) is 5.41 Å². The minimum absolute atomic E-state index is 0.329. The second kappa shape index (κ2) is 4.35. The highest BCUT2D eigenvalue weighted by molar-refractivity contribution is 4.98. The summed E-state index contributed by atoms with van der Waals surface area (Å²) in [5, 5.41) is 37.5. The van der Waals surface area contributed by atoms with Gasteiger partial charge in [-0.2, -0.15) is 0 Å². The van der Waals surface area contributed by atoms with Gasteiger partial charge in [0.05, 0.1) is 12.7 Å². The van der Waals surface area contributed by atoms with Gasteiger partial charge < -0.3 is 25.2 Å². The van der Waals surface area contributed by atoms with E-state index in [1.54, 1.807) is 0 Å². The molecule has 1 aliphatic rings. The van der Waals surface area contributed by atoms with Crippen LogP contribution in [0.3, 0.4) is 0 Å². The van der Waals surface area contributed by atoms with E-state index in [2.05, 4.69) is 0 Å². The molecule has 1 saturated heterocycles. The fraction of sp³-hybridized carbons (Fsp3) is 1.00. The molecule has 0 spiro atoms. The van der Waals surface area contributed by atoms with Crippen molar-refractivity contribution in [1.82, 2.24) is 0 Å². The molecule has 1 unspecified atom stereocenters. The molecular weight excluding hydrogens is 200 g/mol. The molecule has 0 radical (unpaired) electrons. The minimum atomic E-state index is -1.16. The van der Waals surface area contributed by atoms with Crippen LogP contribution in [0.15, 0.2) is 0 Å². The van der Waals surface area contributed by atoms with E-state index in [9.17, 15) is 15.3 Å². The third-order valence-corrected chi connectivity index (χ3v) is 2.72. The van der Waals surface area contributed by atoms with Crippen LogP contribution in [-0.2, 0) is 4.74 Å². The summed E-state index contributed by atoms with van der Waals surface area (Å²) in [4.78, 5) is 0. The van der Waals surface area contributed by atoms with Crippen LogP contribution >= 0.6 is 0 Å². The predicted octanol–water partition coefficient (Wildman–Crippen LogP) is -1.13. The van der Waals surface area contributed by atoms with E-state index in [1.807, 2.05) is 20.8 Å². The molecule has 0 aromatic heterocycles. The Balaban J connectivity index is 2.76. The number of hydrogen-bond donors (Lipinski definition) is 4. The summed E-state index contributed by atoms with van der Waals surface area (Å²) in [7, 11) is 0. The SMILES string of the molecule is CC(C)(C)[C@@H]1O[C@@H]([C@@H](O)CO)[C@H](O)C1O. The molecule has 90 valence electrons. The Morgan fingerprint density at radius 1 is 1.20 bits per heavy atom. The molecule has 0 amide bonds. The molecule has 5 nitrogen and oxygen atoms in total. The monoisotopic (exact) mass is 220 g/mol. The molecular formula is C10H20O5. The Kier molecular flexibility index (Phi) is 3.73. The third kappa shape index (κ3) is 2.49. The summed E-state index contributed by atoms with van der Waals surface area (Å²) < 4.78 is 5.39. The number of aliphatic hydroxyl groups excluding tert-OH is 4. The van der Waals surface area contributed by atoms with E-state index in [0.29, 0.717) is 0 Å². The minimum Gasteiger partial charge on any atom is -0.394 e. The topological polar surface area (TPSA) is 90.2 Å². The molecule has 1 fully saturated rings. The van der Waals surface area contributed by atoms with Crippen LogP contribution in [0.1, 0.15) is 20.8 Å².